The number of hydrogen-bond acceptors (Lipinski definition) is 2. The number of aliphatic imine (C=N–C) groups is 1. The molecule has 0 bridgehead atoms. The van der Waals surface area contributed by atoms with E-state index in [1.54, 1.807) is 17.0 Å². The largest absolute Gasteiger partial charge is 0.309 e. The van der Waals surface area contributed by atoms with Crippen LogP contribution in [0.3, 0.4) is 0 Å². The Hall–Kier alpha value is -1.62. The third-order valence-corrected chi connectivity index (χ3v) is 3.47. The van der Waals surface area contributed by atoms with Crippen molar-refractivity contribution < 1.29 is 4.39 Å². The summed E-state index contributed by atoms with van der Waals surface area (Å²) in [4.78, 5) is 6.39. The normalized spacial score (nSPS) is 16.7. The van der Waals surface area contributed by atoms with Gasteiger partial charge in [0.25, 0.3) is 0 Å². The first-order valence-corrected chi connectivity index (χ1v) is 6.82. The number of nitrogens with zero attached hydrogens (tertiary/aromatic N) is 2. The fraction of sp³-hybridized carbons (Fsp3) is 0.500. The second-order valence-corrected chi connectivity index (χ2v) is 4.73. The molecular weight excluding hydrogens is 243 g/mol. The van der Waals surface area contributed by atoms with Crippen LogP contribution in [0.5, 0.6) is 0 Å². The van der Waals surface area contributed by atoms with Gasteiger partial charge in [-0.25, -0.2) is 15.2 Å². The average Bonchev–Trinajstić information content (AvgIpc) is 2.93. The van der Waals surface area contributed by atoms with Crippen molar-refractivity contribution in [2.45, 2.75) is 38.6 Å². The molecule has 0 saturated heterocycles. The molecular formula is C14H21FN4. The Morgan fingerprint density at radius 3 is 2.68 bits per heavy atom. The van der Waals surface area contributed by atoms with Crippen LogP contribution < -0.4 is 16.2 Å². The van der Waals surface area contributed by atoms with Crippen LogP contribution in [0.4, 0.5) is 10.1 Å². The van der Waals surface area contributed by atoms with Crippen LogP contribution in [0.25, 0.3) is 0 Å². The number of nitrogens with two attached hydrogens (primary N) is 1. The Balaban J connectivity index is 2.25. The molecule has 3 N–H and O–H groups in total. The molecule has 0 radical (unpaired) electrons. The smallest absolute Gasteiger partial charge is 0.213 e. The molecule has 0 atom stereocenters. The summed E-state index contributed by atoms with van der Waals surface area (Å²) in [6, 6.07) is 6.97. The molecule has 104 valence electrons. The van der Waals surface area contributed by atoms with Crippen molar-refractivity contribution in [1.29, 1.82) is 0 Å². The molecule has 1 aromatic rings. The molecule has 0 aromatic heterocycles. The third-order valence-electron chi connectivity index (χ3n) is 3.47. The number of para-hydroxylation sites is 1. The number of halogens is 1. The van der Waals surface area contributed by atoms with E-state index >= 15 is 0 Å². The lowest BCUT2D eigenvalue weighted by Crippen LogP contribution is -2.46. The van der Waals surface area contributed by atoms with Crippen LogP contribution in [-0.4, -0.2) is 18.5 Å². The van der Waals surface area contributed by atoms with Gasteiger partial charge in [0.15, 0.2) is 0 Å². The SMILES string of the molecule is CCN(C(=NC1CCCC1)NN)c1ccccc1F. The molecule has 0 aliphatic heterocycles. The van der Waals surface area contributed by atoms with Gasteiger partial charge in [-0.3, -0.25) is 5.43 Å². The molecule has 1 aromatic carbocycles. The summed E-state index contributed by atoms with van der Waals surface area (Å²) in [5, 5.41) is 0. The fourth-order valence-corrected chi connectivity index (χ4v) is 2.50. The Labute approximate surface area is 113 Å². The minimum absolute atomic E-state index is 0.265. The minimum atomic E-state index is -0.265. The average molecular weight is 264 g/mol. The molecule has 4 nitrogen and oxygen atoms in total. The molecule has 1 saturated carbocycles. The van der Waals surface area contributed by atoms with Crippen molar-refractivity contribution in [3.63, 3.8) is 0 Å². The second-order valence-electron chi connectivity index (χ2n) is 4.73. The number of nitrogens with one attached hydrogen (secondary N) is 1. The molecule has 2 rings (SSSR count). The molecule has 1 aliphatic rings. The number of anilines is 1. The Bertz CT molecular complexity index is 441. The summed E-state index contributed by atoms with van der Waals surface area (Å²) < 4.78 is 13.9. The molecule has 1 fully saturated rings. The summed E-state index contributed by atoms with van der Waals surface area (Å²) in [5.74, 6) is 5.85. The number of benzene rings is 1. The summed E-state index contributed by atoms with van der Waals surface area (Å²) in [7, 11) is 0. The molecule has 19 heavy (non-hydrogen) atoms. The van der Waals surface area contributed by atoms with E-state index < -0.39 is 0 Å². The van der Waals surface area contributed by atoms with Gasteiger partial charge in [0, 0.05) is 6.54 Å². The van der Waals surface area contributed by atoms with E-state index in [1.807, 2.05) is 13.0 Å². The van der Waals surface area contributed by atoms with Crippen molar-refractivity contribution in [1.82, 2.24) is 5.43 Å². The number of hydrazine groups is 1. The van der Waals surface area contributed by atoms with Gasteiger partial charge in [-0.15, -0.1) is 0 Å². The highest BCUT2D eigenvalue weighted by atomic mass is 19.1. The van der Waals surface area contributed by atoms with Gasteiger partial charge in [-0.1, -0.05) is 25.0 Å². The maximum Gasteiger partial charge on any atom is 0.213 e. The summed E-state index contributed by atoms with van der Waals surface area (Å²) in [6.45, 7) is 2.56. The quantitative estimate of drug-likeness (QED) is 0.381. The fourth-order valence-electron chi connectivity index (χ4n) is 2.50. The topological polar surface area (TPSA) is 53.6 Å². The van der Waals surface area contributed by atoms with Gasteiger partial charge in [0.2, 0.25) is 5.96 Å². The van der Waals surface area contributed by atoms with E-state index in [4.69, 9.17) is 5.84 Å². The zero-order valence-corrected chi connectivity index (χ0v) is 11.3. The van der Waals surface area contributed by atoms with Crippen LogP contribution in [-0.2, 0) is 0 Å². The van der Waals surface area contributed by atoms with Crippen molar-refractivity contribution in [3.8, 4) is 0 Å². The first kappa shape index (κ1) is 13.8. The molecule has 0 heterocycles. The van der Waals surface area contributed by atoms with Crippen LogP contribution in [0, 0.1) is 5.82 Å². The second kappa shape index (κ2) is 6.52. The lowest BCUT2D eigenvalue weighted by atomic mass is 10.2. The zero-order valence-electron chi connectivity index (χ0n) is 11.3. The van der Waals surface area contributed by atoms with Crippen molar-refractivity contribution in [2.24, 2.45) is 10.8 Å². The molecule has 0 spiro atoms. The van der Waals surface area contributed by atoms with Gasteiger partial charge in [-0.2, -0.15) is 0 Å². The summed E-state index contributed by atoms with van der Waals surface area (Å²) >= 11 is 0. The first-order valence-electron chi connectivity index (χ1n) is 6.82. The van der Waals surface area contributed by atoms with Crippen LogP contribution in [0.2, 0.25) is 0 Å². The first-order chi connectivity index (χ1) is 9.26. The number of guanidine groups is 1. The highest BCUT2D eigenvalue weighted by Crippen LogP contribution is 2.23. The van der Waals surface area contributed by atoms with E-state index in [9.17, 15) is 4.39 Å². The van der Waals surface area contributed by atoms with E-state index in [0.717, 1.165) is 12.8 Å². The number of hydrogen-bond donors (Lipinski definition) is 2. The predicted molar refractivity (Wildman–Crippen MR) is 76.4 cm³/mol. The van der Waals surface area contributed by atoms with Crippen LogP contribution >= 0.6 is 0 Å². The third kappa shape index (κ3) is 3.23. The Morgan fingerprint density at radius 2 is 2.11 bits per heavy atom. The summed E-state index contributed by atoms with van der Waals surface area (Å²) in [6.07, 6.45) is 4.58. The molecule has 0 unspecified atom stereocenters. The standard InChI is InChI=1S/C14H21FN4/c1-2-19(13-10-6-5-9-12(13)15)14(18-16)17-11-7-3-4-8-11/h5-6,9-11H,2-4,7-8,16H2,1H3,(H,17,18). The zero-order chi connectivity index (χ0) is 13.7. The van der Waals surface area contributed by atoms with Gasteiger partial charge >= 0.3 is 0 Å². The molecule has 1 aliphatic carbocycles. The van der Waals surface area contributed by atoms with Crippen LogP contribution in [0.15, 0.2) is 29.3 Å². The van der Waals surface area contributed by atoms with Gasteiger partial charge in [0.05, 0.1) is 11.7 Å². The van der Waals surface area contributed by atoms with Gasteiger partial charge in [0.1, 0.15) is 5.82 Å². The van der Waals surface area contributed by atoms with E-state index in [-0.39, 0.29) is 5.82 Å². The van der Waals surface area contributed by atoms with E-state index in [2.05, 4.69) is 10.4 Å². The Morgan fingerprint density at radius 1 is 1.42 bits per heavy atom. The van der Waals surface area contributed by atoms with Gasteiger partial charge in [-0.05, 0) is 31.9 Å². The minimum Gasteiger partial charge on any atom is -0.309 e. The molecule has 5 heteroatoms. The van der Waals surface area contributed by atoms with Crippen molar-refractivity contribution in [3.05, 3.63) is 30.1 Å². The highest BCUT2D eigenvalue weighted by Gasteiger charge is 2.19. The van der Waals surface area contributed by atoms with Crippen molar-refractivity contribution >= 4 is 11.6 Å². The van der Waals surface area contributed by atoms with Crippen molar-refractivity contribution in [2.75, 3.05) is 11.4 Å². The monoisotopic (exact) mass is 264 g/mol. The lowest BCUT2D eigenvalue weighted by molar-refractivity contribution is 0.624. The van der Waals surface area contributed by atoms with Gasteiger partial charge < -0.3 is 4.90 Å². The maximum absolute atomic E-state index is 13.9. The Kier molecular flexibility index (Phi) is 4.74. The molecule has 0 amide bonds. The highest BCUT2D eigenvalue weighted by molar-refractivity contribution is 5.95. The maximum atomic E-state index is 13.9. The number of rotatable bonds is 3. The van der Waals surface area contributed by atoms with Crippen LogP contribution in [0.1, 0.15) is 32.6 Å². The van der Waals surface area contributed by atoms with E-state index in [0.29, 0.717) is 24.2 Å². The summed E-state index contributed by atoms with van der Waals surface area (Å²) in [5.41, 5.74) is 3.11. The predicted octanol–water partition coefficient (Wildman–Crippen LogP) is 2.41. The van der Waals surface area contributed by atoms with E-state index in [1.165, 1.54) is 18.9 Å². The lowest BCUT2D eigenvalue weighted by Gasteiger charge is -2.25.